The molecule has 0 saturated carbocycles. The van der Waals surface area contributed by atoms with Crippen LogP contribution < -0.4 is 19.6 Å². The zero-order chi connectivity index (χ0) is 76.9. The molecule has 2 aliphatic rings. The summed E-state index contributed by atoms with van der Waals surface area (Å²) in [4.78, 5) is 9.58. The number of hydrogen-bond donors (Lipinski definition) is 0. The number of nitrogens with zero attached hydrogens (tertiary/aromatic N) is 4. The van der Waals surface area contributed by atoms with Gasteiger partial charge in [0, 0.05) is 79.1 Å². The predicted octanol–water partition coefficient (Wildman–Crippen LogP) is 30.1. The third-order valence-corrected chi connectivity index (χ3v) is 23.9. The lowest BCUT2D eigenvalue weighted by molar-refractivity contribution is 0.425. The van der Waals surface area contributed by atoms with Crippen LogP contribution in [0.1, 0.15) is 110 Å². The minimum atomic E-state index is -0.185. The maximum Gasteiger partial charge on any atom is 0.0468 e. The van der Waals surface area contributed by atoms with Gasteiger partial charge in [-0.25, -0.2) is 0 Å². The standard InChI is InChI=1S/C56H50N2.C52H46N2/c1-40-16-26-47(27-17-40)57(49-30-20-44(21-31-49)42-12-8-6-9-13-42)51-34-24-46(25-35-51)56(5)39-55(3,4)53-37-36-52(38-54(53)56)58(48-28-18-41(2)19-29-48)50-32-22-45(23-33-50)43-14-10-7-11-15-43;1-36-14-22-43(23-15-36)53(46-26-18-38-10-6-8-12-40(38)32-46)45-28-20-42(21-29-45)52(5)35-51(3,4)49-31-30-48(34-50(49)52)54(44-24-16-37(2)17-25-44)47-27-19-39-11-7-9-13-41(39)33-47/h6-38H,39H2,1-5H3;6-34H,35H2,1-5H3. The van der Waals surface area contributed by atoms with Gasteiger partial charge in [-0.2, -0.15) is 0 Å². The summed E-state index contributed by atoms with van der Waals surface area (Å²) in [6, 6.07) is 139. The van der Waals surface area contributed by atoms with Gasteiger partial charge in [0.2, 0.25) is 0 Å². The molecule has 2 aliphatic carbocycles. The maximum atomic E-state index is 2.47. The van der Waals surface area contributed by atoms with Crippen molar-refractivity contribution in [3.8, 4) is 22.3 Å². The first-order valence-electron chi connectivity index (χ1n) is 39.6. The van der Waals surface area contributed by atoms with E-state index in [0.717, 1.165) is 69.7 Å². The Kier molecular flexibility index (Phi) is 19.0. The van der Waals surface area contributed by atoms with Gasteiger partial charge in [0.05, 0.1) is 0 Å². The SMILES string of the molecule is Cc1ccc(N(c2ccc(-c3ccccc3)cc2)c2ccc(C3(C)CC(C)(C)c4ccc(N(c5ccc(C)cc5)c5ccc(-c6ccccc6)cc5)cc43)cc2)cc1.Cc1ccc(N(c2ccc(C3(C)CC(C)(C)c4ccc(N(c5ccc(C)cc5)c5ccc6ccccc6c5)cc43)cc2)c2ccc3ccccc3c2)cc1. The van der Waals surface area contributed by atoms with E-state index in [0.29, 0.717) is 0 Å². The van der Waals surface area contributed by atoms with E-state index in [1.165, 1.54) is 111 Å². The molecule has 0 saturated heterocycles. The Morgan fingerprint density at radius 1 is 0.188 bits per heavy atom. The zero-order valence-corrected chi connectivity index (χ0v) is 66.0. The summed E-state index contributed by atoms with van der Waals surface area (Å²) in [5.41, 5.74) is 31.7. The number of fused-ring (bicyclic) bond motifs is 4. The van der Waals surface area contributed by atoms with Crippen molar-refractivity contribution in [1.82, 2.24) is 0 Å². The molecular weight excluding hydrogens is 1350 g/mol. The molecule has 0 radical (unpaired) electrons. The lowest BCUT2D eigenvalue weighted by atomic mass is 9.75. The molecule has 0 heterocycles. The van der Waals surface area contributed by atoms with Crippen LogP contribution in [0, 0.1) is 27.7 Å². The van der Waals surface area contributed by atoms with Gasteiger partial charge in [0.15, 0.2) is 0 Å². The molecule has 548 valence electrons. The van der Waals surface area contributed by atoms with Crippen molar-refractivity contribution in [3.63, 3.8) is 0 Å². The number of aryl methyl sites for hydroxylation is 4. The molecule has 0 N–H and O–H groups in total. The number of anilines is 12. The predicted molar refractivity (Wildman–Crippen MR) is 478 cm³/mol. The molecule has 112 heavy (non-hydrogen) atoms. The van der Waals surface area contributed by atoms with Gasteiger partial charge in [-0.1, -0.05) is 294 Å². The highest BCUT2D eigenvalue weighted by atomic mass is 15.2. The monoisotopic (exact) mass is 1450 g/mol. The van der Waals surface area contributed by atoms with E-state index in [2.05, 4.69) is 465 Å². The minimum absolute atomic E-state index is 0.0156. The van der Waals surface area contributed by atoms with Crippen molar-refractivity contribution in [3.05, 3.63) is 432 Å². The second-order valence-electron chi connectivity index (χ2n) is 32.9. The van der Waals surface area contributed by atoms with Gasteiger partial charge >= 0.3 is 0 Å². The molecule has 0 spiro atoms. The van der Waals surface area contributed by atoms with Crippen molar-refractivity contribution in [1.29, 1.82) is 0 Å². The second kappa shape index (κ2) is 29.6. The van der Waals surface area contributed by atoms with Crippen molar-refractivity contribution in [2.24, 2.45) is 0 Å². The largest absolute Gasteiger partial charge is 0.311 e. The fourth-order valence-electron chi connectivity index (χ4n) is 18.1. The molecule has 0 bridgehead atoms. The van der Waals surface area contributed by atoms with Crippen LogP contribution in [0.5, 0.6) is 0 Å². The topological polar surface area (TPSA) is 13.0 Å². The smallest absolute Gasteiger partial charge is 0.0468 e. The van der Waals surface area contributed by atoms with Crippen LogP contribution in [0.4, 0.5) is 68.2 Å². The molecule has 0 aliphatic heterocycles. The van der Waals surface area contributed by atoms with Crippen LogP contribution in [-0.2, 0) is 21.7 Å². The van der Waals surface area contributed by atoms with Gasteiger partial charge in [-0.15, -0.1) is 0 Å². The van der Waals surface area contributed by atoms with E-state index < -0.39 is 0 Å². The van der Waals surface area contributed by atoms with Crippen LogP contribution >= 0.6 is 0 Å². The average molecular weight is 1450 g/mol. The van der Waals surface area contributed by atoms with Crippen molar-refractivity contribution >= 4 is 89.8 Å². The molecule has 0 fully saturated rings. The first-order chi connectivity index (χ1) is 54.3. The second-order valence-corrected chi connectivity index (χ2v) is 32.9. The molecule has 2 unspecified atom stereocenters. The first-order valence-corrected chi connectivity index (χ1v) is 39.6. The van der Waals surface area contributed by atoms with E-state index in [1.54, 1.807) is 0 Å². The summed E-state index contributed by atoms with van der Waals surface area (Å²) in [5.74, 6) is 0. The molecule has 0 aromatic heterocycles. The fraction of sp³-hybridized carbons (Fsp3) is 0.148. The summed E-state index contributed by atoms with van der Waals surface area (Å²) >= 11 is 0. The van der Waals surface area contributed by atoms with Crippen LogP contribution in [0.25, 0.3) is 43.8 Å². The molecule has 2 atom stereocenters. The van der Waals surface area contributed by atoms with Gasteiger partial charge in [-0.3, -0.25) is 0 Å². The van der Waals surface area contributed by atoms with Crippen molar-refractivity contribution in [2.75, 3.05) is 19.6 Å². The maximum absolute atomic E-state index is 2.47. The molecule has 4 heteroatoms. The van der Waals surface area contributed by atoms with Gasteiger partial charge in [-0.05, 0) is 274 Å². The van der Waals surface area contributed by atoms with Crippen LogP contribution in [-0.4, -0.2) is 0 Å². The highest BCUT2D eigenvalue weighted by Gasteiger charge is 2.48. The molecule has 16 aromatic carbocycles. The van der Waals surface area contributed by atoms with E-state index in [4.69, 9.17) is 0 Å². The Balaban J connectivity index is 0.000000163. The normalized spacial score (nSPS) is 15.7. The highest BCUT2D eigenvalue weighted by Crippen LogP contribution is 2.57. The number of benzene rings is 16. The molecule has 0 amide bonds. The Labute approximate surface area is 662 Å². The van der Waals surface area contributed by atoms with E-state index in [9.17, 15) is 0 Å². The lowest BCUT2D eigenvalue weighted by Crippen LogP contribution is -2.23. The van der Waals surface area contributed by atoms with Crippen LogP contribution in [0.2, 0.25) is 0 Å². The summed E-state index contributed by atoms with van der Waals surface area (Å²) in [6.07, 6.45) is 2.06. The number of rotatable bonds is 16. The first kappa shape index (κ1) is 72.1. The Bertz CT molecular complexity index is 6030. The van der Waals surface area contributed by atoms with E-state index in [1.807, 2.05) is 0 Å². The molecule has 4 nitrogen and oxygen atoms in total. The Hall–Kier alpha value is -12.8. The lowest BCUT2D eigenvalue weighted by Gasteiger charge is -2.31. The summed E-state index contributed by atoms with van der Waals surface area (Å²) in [5, 5.41) is 4.97. The summed E-state index contributed by atoms with van der Waals surface area (Å²) < 4.78 is 0. The molecule has 16 aromatic rings. The van der Waals surface area contributed by atoms with Crippen LogP contribution in [0.15, 0.2) is 376 Å². The Morgan fingerprint density at radius 3 is 0.723 bits per heavy atom. The van der Waals surface area contributed by atoms with Crippen molar-refractivity contribution in [2.45, 2.75) is 104 Å². The van der Waals surface area contributed by atoms with Crippen LogP contribution in [0.3, 0.4) is 0 Å². The Morgan fingerprint density at radius 2 is 0.411 bits per heavy atom. The van der Waals surface area contributed by atoms with Gasteiger partial charge in [0.1, 0.15) is 0 Å². The van der Waals surface area contributed by atoms with Gasteiger partial charge in [0.25, 0.3) is 0 Å². The quantitative estimate of drug-likeness (QED) is 0.0956. The summed E-state index contributed by atoms with van der Waals surface area (Å²) in [7, 11) is 0. The third kappa shape index (κ3) is 14.0. The summed E-state index contributed by atoms with van der Waals surface area (Å²) in [6.45, 7) is 23.1. The average Bonchev–Trinajstić information content (AvgIpc) is 1.57. The fourth-order valence-corrected chi connectivity index (χ4v) is 18.1. The zero-order valence-electron chi connectivity index (χ0n) is 66.0. The third-order valence-electron chi connectivity index (χ3n) is 23.9. The van der Waals surface area contributed by atoms with E-state index >= 15 is 0 Å². The van der Waals surface area contributed by atoms with Gasteiger partial charge < -0.3 is 19.6 Å². The minimum Gasteiger partial charge on any atom is -0.311 e. The highest BCUT2D eigenvalue weighted by molar-refractivity contribution is 5.92. The number of hydrogen-bond acceptors (Lipinski definition) is 4. The van der Waals surface area contributed by atoms with E-state index in [-0.39, 0.29) is 21.7 Å². The molecule has 18 rings (SSSR count). The molecular formula is C108H96N4. The van der Waals surface area contributed by atoms with Crippen molar-refractivity contribution < 1.29 is 0 Å².